The number of hydrogen-bond donors (Lipinski definition) is 0. The summed E-state index contributed by atoms with van der Waals surface area (Å²) in [6, 6.07) is 24.5. The fourth-order valence-corrected chi connectivity index (χ4v) is 17.2. The molecule has 0 fully saturated rings. The summed E-state index contributed by atoms with van der Waals surface area (Å²) in [6.07, 6.45) is 66.7. The van der Waals surface area contributed by atoms with E-state index < -0.39 is 0 Å². The summed E-state index contributed by atoms with van der Waals surface area (Å²) in [5, 5.41) is 10.2. The molecule has 546 valence electrons. The molecule has 3 unspecified atom stereocenters. The topological polar surface area (TPSA) is 57.5 Å². The van der Waals surface area contributed by atoms with Crippen molar-refractivity contribution in [1.82, 2.24) is 4.57 Å². The number of benzene rings is 6. The second kappa shape index (κ2) is 48.7. The molecule has 0 amide bonds. The molecule has 7 rings (SSSR count). The molecule has 0 saturated heterocycles. The zero-order chi connectivity index (χ0) is 69.2. The van der Waals surface area contributed by atoms with Crippen molar-refractivity contribution in [3.63, 3.8) is 0 Å². The first kappa shape index (κ1) is 81.1. The third-order valence-corrected chi connectivity index (χ3v) is 23.4. The maximum absolute atomic E-state index is 15.2. The Balaban J connectivity index is 1.24. The fourth-order valence-electron chi connectivity index (χ4n) is 16.7. The van der Waals surface area contributed by atoms with Gasteiger partial charge in [-0.25, -0.2) is 9.59 Å². The molecule has 0 spiro atoms. The number of nitrogens with zero attached hydrogens (tertiary/aromatic N) is 1. The normalized spacial score (nSPS) is 13.0. The first-order valence-corrected chi connectivity index (χ1v) is 43.2. The highest BCUT2D eigenvalue weighted by Gasteiger charge is 2.28. The van der Waals surface area contributed by atoms with Gasteiger partial charge in [-0.05, 0) is 119 Å². The summed E-state index contributed by atoms with van der Waals surface area (Å²) in [4.78, 5) is 30.4. The summed E-state index contributed by atoms with van der Waals surface area (Å²) in [6.45, 7) is 15.6. The second-order valence-corrected chi connectivity index (χ2v) is 32.0. The number of carbonyl (C=O) groups is 2. The Labute approximate surface area is 608 Å². The van der Waals surface area contributed by atoms with Gasteiger partial charge >= 0.3 is 11.9 Å². The third-order valence-electron chi connectivity index (χ3n) is 22.7. The second-order valence-electron chi connectivity index (χ2n) is 31.1. The summed E-state index contributed by atoms with van der Waals surface area (Å²) < 4.78 is 17.1. The number of halogens is 1. The van der Waals surface area contributed by atoms with Crippen LogP contribution in [0, 0.1) is 17.8 Å². The largest absolute Gasteiger partial charge is 0.462 e. The lowest BCUT2D eigenvalue weighted by molar-refractivity contribution is 0.0419. The fraction of sp³-hybridized carbons (Fsp3) is 0.696. The van der Waals surface area contributed by atoms with Crippen LogP contribution < -0.4 is 0 Å². The van der Waals surface area contributed by atoms with Gasteiger partial charge in [0.1, 0.15) is 0 Å². The maximum atomic E-state index is 15.2. The molecule has 0 aliphatic heterocycles. The van der Waals surface area contributed by atoms with E-state index in [9.17, 15) is 0 Å². The molecule has 6 heteroatoms. The first-order chi connectivity index (χ1) is 48.3. The van der Waals surface area contributed by atoms with Crippen molar-refractivity contribution in [2.75, 3.05) is 13.2 Å². The van der Waals surface area contributed by atoms with Crippen LogP contribution in [0.25, 0.3) is 65.3 Å². The molecule has 6 aromatic carbocycles. The average molecular weight is 1410 g/mol. The Morgan fingerprint density at radius 1 is 0.327 bits per heavy atom. The number of rotatable bonds is 61. The molecule has 1 aromatic heterocycles. The highest BCUT2D eigenvalue weighted by Crippen LogP contribution is 2.51. The van der Waals surface area contributed by atoms with Crippen LogP contribution in [0.4, 0.5) is 0 Å². The Morgan fingerprint density at radius 3 is 0.969 bits per heavy atom. The monoisotopic (exact) mass is 1400 g/mol. The average Bonchev–Trinajstić information content (AvgIpc) is 1.48. The molecule has 3 atom stereocenters. The zero-order valence-electron chi connectivity index (χ0n) is 63.9. The molecule has 0 bridgehead atoms. The predicted molar refractivity (Wildman–Crippen MR) is 433 cm³/mol. The Bertz CT molecular complexity index is 3140. The van der Waals surface area contributed by atoms with Crippen molar-refractivity contribution < 1.29 is 19.1 Å². The van der Waals surface area contributed by atoms with Crippen LogP contribution in [-0.2, 0) is 16.0 Å². The Kier molecular flexibility index (Phi) is 40.3. The van der Waals surface area contributed by atoms with Gasteiger partial charge < -0.3 is 14.0 Å². The standard InChI is InChI=1S/C92H142BrNO4/c1-7-13-19-25-30-34-36-40-45-51-59-74(57-49-43-38-32-27-21-15-9-3)71-97-91(95)77-65-76(66-78(67-77)92(96)98-72-75(58-50-44-39-33-28-22-16-10-4)60-52-46-41-37-35-31-26-20-14-8-2)83-68-85-89-87-79(61-53-63-81(83)87)80-62-54-64-82-84(93)69-86(90(89)88(80)82)94(85)70-73(55-47-24-18-12-6)56-48-42-29-23-17-11-5/h53-54,61-69,73-75H,7-52,55-60,70-72H2,1-6H3. The smallest absolute Gasteiger partial charge is 0.338 e. The van der Waals surface area contributed by atoms with Crippen LogP contribution in [0.1, 0.15) is 396 Å². The summed E-state index contributed by atoms with van der Waals surface area (Å²) >= 11 is 4.15. The molecule has 0 aliphatic carbocycles. The number of esters is 2. The highest BCUT2D eigenvalue weighted by atomic mass is 79.9. The van der Waals surface area contributed by atoms with Gasteiger partial charge in [-0.1, -0.05) is 389 Å². The van der Waals surface area contributed by atoms with E-state index in [1.165, 1.54) is 357 Å². The van der Waals surface area contributed by atoms with E-state index in [4.69, 9.17) is 9.47 Å². The quantitative estimate of drug-likeness (QED) is 0.0165. The van der Waals surface area contributed by atoms with Gasteiger partial charge in [0.2, 0.25) is 0 Å². The molecule has 0 aliphatic rings. The van der Waals surface area contributed by atoms with E-state index in [1.807, 2.05) is 6.07 Å². The van der Waals surface area contributed by atoms with Crippen LogP contribution in [-0.4, -0.2) is 29.7 Å². The lowest BCUT2D eigenvalue weighted by Crippen LogP contribution is -2.17. The van der Waals surface area contributed by atoms with E-state index in [0.29, 0.717) is 42.1 Å². The Hall–Kier alpha value is -4.16. The van der Waals surface area contributed by atoms with E-state index in [1.54, 1.807) is 0 Å². The van der Waals surface area contributed by atoms with Crippen LogP contribution in [0.3, 0.4) is 0 Å². The number of aromatic nitrogens is 1. The summed E-state index contributed by atoms with van der Waals surface area (Å²) in [7, 11) is 0. The molecular formula is C92H142BrNO4. The van der Waals surface area contributed by atoms with Gasteiger partial charge in [-0.15, -0.1) is 0 Å². The molecular weight excluding hydrogens is 1260 g/mol. The van der Waals surface area contributed by atoms with Crippen molar-refractivity contribution in [3.05, 3.63) is 82.3 Å². The minimum atomic E-state index is -0.332. The number of unbranched alkanes of at least 4 members (excludes halogenated alkanes) is 40. The summed E-state index contributed by atoms with van der Waals surface area (Å²) in [5.41, 5.74) is 5.35. The van der Waals surface area contributed by atoms with E-state index in [0.717, 1.165) is 53.2 Å². The van der Waals surface area contributed by atoms with E-state index in [2.05, 4.69) is 123 Å². The van der Waals surface area contributed by atoms with Crippen molar-refractivity contribution in [1.29, 1.82) is 0 Å². The van der Waals surface area contributed by atoms with Gasteiger partial charge in [0, 0.05) is 32.6 Å². The van der Waals surface area contributed by atoms with Crippen LogP contribution >= 0.6 is 15.9 Å². The highest BCUT2D eigenvalue weighted by molar-refractivity contribution is 9.10. The molecule has 0 radical (unpaired) electrons. The number of carbonyl (C=O) groups excluding carboxylic acids is 2. The van der Waals surface area contributed by atoms with Gasteiger partial charge in [0.25, 0.3) is 0 Å². The van der Waals surface area contributed by atoms with Gasteiger partial charge in [0.05, 0.1) is 35.4 Å². The zero-order valence-corrected chi connectivity index (χ0v) is 65.5. The molecule has 0 N–H and O–H groups in total. The predicted octanol–water partition coefficient (Wildman–Crippen LogP) is 31.1. The number of ether oxygens (including phenoxy) is 2. The van der Waals surface area contributed by atoms with Crippen molar-refractivity contribution in [3.8, 4) is 11.1 Å². The molecule has 0 saturated carbocycles. The van der Waals surface area contributed by atoms with Crippen LogP contribution in [0.15, 0.2) is 71.2 Å². The number of hydrogen-bond acceptors (Lipinski definition) is 4. The maximum Gasteiger partial charge on any atom is 0.338 e. The van der Waals surface area contributed by atoms with Crippen LogP contribution in [0.5, 0.6) is 0 Å². The van der Waals surface area contributed by atoms with Crippen molar-refractivity contribution >= 4 is 82.0 Å². The van der Waals surface area contributed by atoms with Gasteiger partial charge in [-0.3, -0.25) is 0 Å². The number of fused-ring (bicyclic) bond motifs is 1. The molecule has 1 heterocycles. The van der Waals surface area contributed by atoms with E-state index in [-0.39, 0.29) is 11.9 Å². The lowest BCUT2D eigenvalue weighted by Gasteiger charge is -2.20. The Morgan fingerprint density at radius 2 is 0.612 bits per heavy atom. The first-order valence-electron chi connectivity index (χ1n) is 42.4. The van der Waals surface area contributed by atoms with E-state index >= 15 is 9.59 Å². The van der Waals surface area contributed by atoms with Crippen LogP contribution in [0.2, 0.25) is 0 Å². The summed E-state index contributed by atoms with van der Waals surface area (Å²) in [5.74, 6) is 0.517. The minimum Gasteiger partial charge on any atom is -0.462 e. The van der Waals surface area contributed by atoms with Gasteiger partial charge in [-0.2, -0.15) is 0 Å². The molecule has 5 nitrogen and oxygen atoms in total. The lowest BCUT2D eigenvalue weighted by atomic mass is 9.86. The minimum absolute atomic E-state index is 0.317. The van der Waals surface area contributed by atoms with Crippen molar-refractivity contribution in [2.45, 2.75) is 382 Å². The molecule has 98 heavy (non-hydrogen) atoms. The van der Waals surface area contributed by atoms with Crippen molar-refractivity contribution in [2.24, 2.45) is 17.8 Å². The SMILES string of the molecule is CCCCCCCCCCCCC(CCCCCCCCCC)COC(=O)c1cc(C(=O)OCC(CCCCCCCCCC)CCCCCCCCCCCC)cc(-c2cc3c4c5c2cccc5c2cccc5c(Br)cc(c4c52)n3CC(CCCCCC)CCCCCCCC)c1. The van der Waals surface area contributed by atoms with Gasteiger partial charge in [0.15, 0.2) is 0 Å². The molecule has 7 aromatic rings. The third kappa shape index (κ3) is 26.9.